The van der Waals surface area contributed by atoms with Crippen molar-refractivity contribution >= 4 is 29.3 Å². The van der Waals surface area contributed by atoms with Crippen LogP contribution in [-0.4, -0.2) is 31.4 Å². The van der Waals surface area contributed by atoms with E-state index < -0.39 is 0 Å². The number of rotatable bonds is 9. The summed E-state index contributed by atoms with van der Waals surface area (Å²) in [6.45, 7) is 3.48. The predicted octanol–water partition coefficient (Wildman–Crippen LogP) is 4.03. The van der Waals surface area contributed by atoms with Crippen LogP contribution in [0.15, 0.2) is 53.4 Å². The molecule has 24 heavy (non-hydrogen) atoms. The molecule has 0 radical (unpaired) electrons. The van der Waals surface area contributed by atoms with Crippen molar-refractivity contribution in [1.29, 1.82) is 0 Å². The first-order chi connectivity index (χ1) is 11.7. The summed E-state index contributed by atoms with van der Waals surface area (Å²) in [7, 11) is 0. The second-order valence-corrected chi connectivity index (χ2v) is 6.33. The molecule has 128 valence electrons. The van der Waals surface area contributed by atoms with Crippen LogP contribution in [0.5, 0.6) is 11.5 Å². The Balaban J connectivity index is 1.61. The molecule has 4 nitrogen and oxygen atoms in total. The normalized spacial score (nSPS) is 10.2. The second kappa shape index (κ2) is 10.1. The summed E-state index contributed by atoms with van der Waals surface area (Å²) in [5.41, 5.74) is 0. The Kier molecular flexibility index (Phi) is 7.79. The van der Waals surface area contributed by atoms with Crippen molar-refractivity contribution in [2.24, 2.45) is 0 Å². The number of nitrogens with one attached hydrogen (secondary N) is 1. The highest BCUT2D eigenvalue weighted by Gasteiger charge is 2.03. The minimum absolute atomic E-state index is 0.0198. The van der Waals surface area contributed by atoms with Gasteiger partial charge in [-0.1, -0.05) is 11.6 Å². The fraction of sp³-hybridized carbons (Fsp3) is 0.278. The topological polar surface area (TPSA) is 47.6 Å². The van der Waals surface area contributed by atoms with E-state index >= 15 is 0 Å². The zero-order valence-electron chi connectivity index (χ0n) is 13.5. The molecule has 0 aliphatic heterocycles. The molecule has 2 aromatic rings. The Morgan fingerprint density at radius 3 is 2.33 bits per heavy atom. The van der Waals surface area contributed by atoms with E-state index in [1.807, 2.05) is 31.2 Å². The molecular formula is C18H20ClNO3S. The first kappa shape index (κ1) is 18.5. The van der Waals surface area contributed by atoms with Crippen LogP contribution in [-0.2, 0) is 4.79 Å². The number of ether oxygens (including phenoxy) is 2. The molecule has 1 N–H and O–H groups in total. The van der Waals surface area contributed by atoms with Gasteiger partial charge in [0.1, 0.15) is 18.1 Å². The lowest BCUT2D eigenvalue weighted by Gasteiger charge is -2.08. The molecule has 2 rings (SSSR count). The fourth-order valence-corrected chi connectivity index (χ4v) is 2.74. The van der Waals surface area contributed by atoms with Gasteiger partial charge in [0.05, 0.1) is 18.9 Å². The molecule has 0 heterocycles. The molecule has 0 aliphatic rings. The second-order valence-electron chi connectivity index (χ2n) is 4.85. The molecule has 6 heteroatoms. The third-order valence-corrected chi connectivity index (χ3v) is 4.28. The van der Waals surface area contributed by atoms with Gasteiger partial charge in [0.15, 0.2) is 0 Å². The molecule has 0 aromatic heterocycles. The Bertz CT molecular complexity index is 632. The molecule has 0 atom stereocenters. The van der Waals surface area contributed by atoms with Gasteiger partial charge in [-0.15, -0.1) is 11.8 Å². The summed E-state index contributed by atoms with van der Waals surface area (Å²) in [5, 5.41) is 3.50. The summed E-state index contributed by atoms with van der Waals surface area (Å²) in [4.78, 5) is 12.8. The zero-order valence-corrected chi connectivity index (χ0v) is 15.0. The molecule has 0 unspecified atom stereocenters. The largest absolute Gasteiger partial charge is 0.494 e. The third kappa shape index (κ3) is 6.72. The minimum atomic E-state index is -0.0198. The van der Waals surface area contributed by atoms with E-state index in [0.29, 0.717) is 30.5 Å². The van der Waals surface area contributed by atoms with E-state index in [1.165, 1.54) is 11.8 Å². The van der Waals surface area contributed by atoms with Crippen molar-refractivity contribution in [3.63, 3.8) is 0 Å². The smallest absolute Gasteiger partial charge is 0.230 e. The maximum absolute atomic E-state index is 11.8. The predicted molar refractivity (Wildman–Crippen MR) is 98.3 cm³/mol. The number of thioether (sulfide) groups is 1. The van der Waals surface area contributed by atoms with Gasteiger partial charge in [-0.2, -0.15) is 0 Å². The Morgan fingerprint density at radius 2 is 1.67 bits per heavy atom. The Labute approximate surface area is 151 Å². The van der Waals surface area contributed by atoms with Crippen LogP contribution < -0.4 is 14.8 Å². The molecule has 0 bridgehead atoms. The standard InChI is InChI=1S/C18H20ClNO3S/c1-2-22-15-7-9-17(10-8-15)24-13-18(21)20-11-12-23-16-5-3-14(19)4-6-16/h3-10H,2,11-13H2,1H3,(H,20,21). The Hall–Kier alpha value is -1.85. The summed E-state index contributed by atoms with van der Waals surface area (Å²) in [5.74, 6) is 1.92. The van der Waals surface area contributed by atoms with E-state index in [0.717, 1.165) is 16.4 Å². The van der Waals surface area contributed by atoms with Crippen molar-refractivity contribution in [3.05, 3.63) is 53.6 Å². The van der Waals surface area contributed by atoms with Crippen molar-refractivity contribution < 1.29 is 14.3 Å². The van der Waals surface area contributed by atoms with E-state index in [1.54, 1.807) is 24.3 Å². The molecule has 0 saturated carbocycles. The number of amides is 1. The molecule has 2 aromatic carbocycles. The van der Waals surface area contributed by atoms with E-state index in [9.17, 15) is 4.79 Å². The van der Waals surface area contributed by atoms with Gasteiger partial charge in [-0.05, 0) is 55.5 Å². The number of carbonyl (C=O) groups excluding carboxylic acids is 1. The third-order valence-electron chi connectivity index (χ3n) is 3.01. The van der Waals surface area contributed by atoms with Gasteiger partial charge in [-0.25, -0.2) is 0 Å². The maximum Gasteiger partial charge on any atom is 0.230 e. The first-order valence-corrected chi connectivity index (χ1v) is 9.04. The van der Waals surface area contributed by atoms with Gasteiger partial charge >= 0.3 is 0 Å². The highest BCUT2D eigenvalue weighted by molar-refractivity contribution is 8.00. The number of hydrogen-bond donors (Lipinski definition) is 1. The first-order valence-electron chi connectivity index (χ1n) is 7.68. The number of carbonyl (C=O) groups is 1. The van der Waals surface area contributed by atoms with Crippen LogP contribution >= 0.6 is 23.4 Å². The zero-order chi connectivity index (χ0) is 17.2. The van der Waals surface area contributed by atoms with Gasteiger partial charge in [0, 0.05) is 9.92 Å². The van der Waals surface area contributed by atoms with Crippen LogP contribution in [0.25, 0.3) is 0 Å². The molecule has 0 saturated heterocycles. The molecule has 1 amide bonds. The quantitative estimate of drug-likeness (QED) is 0.538. The highest BCUT2D eigenvalue weighted by Crippen LogP contribution is 2.21. The lowest BCUT2D eigenvalue weighted by molar-refractivity contribution is -0.118. The van der Waals surface area contributed by atoms with Crippen LogP contribution in [0.1, 0.15) is 6.92 Å². The van der Waals surface area contributed by atoms with E-state index in [-0.39, 0.29) is 5.91 Å². The molecule has 0 fully saturated rings. The van der Waals surface area contributed by atoms with Gasteiger partial charge in [0.2, 0.25) is 5.91 Å². The number of halogens is 1. The van der Waals surface area contributed by atoms with Crippen molar-refractivity contribution in [1.82, 2.24) is 5.32 Å². The van der Waals surface area contributed by atoms with Crippen LogP contribution in [0.4, 0.5) is 0 Å². The fourth-order valence-electron chi connectivity index (χ4n) is 1.89. The lowest BCUT2D eigenvalue weighted by atomic mass is 10.3. The average molecular weight is 366 g/mol. The molecule has 0 spiro atoms. The maximum atomic E-state index is 11.8. The lowest BCUT2D eigenvalue weighted by Crippen LogP contribution is -2.29. The molecular weight excluding hydrogens is 346 g/mol. The SMILES string of the molecule is CCOc1ccc(SCC(=O)NCCOc2ccc(Cl)cc2)cc1. The van der Waals surface area contributed by atoms with Crippen LogP contribution in [0, 0.1) is 0 Å². The minimum Gasteiger partial charge on any atom is -0.494 e. The van der Waals surface area contributed by atoms with Gasteiger partial charge in [-0.3, -0.25) is 4.79 Å². The monoisotopic (exact) mass is 365 g/mol. The van der Waals surface area contributed by atoms with Gasteiger partial charge < -0.3 is 14.8 Å². The molecule has 0 aliphatic carbocycles. The average Bonchev–Trinajstić information content (AvgIpc) is 2.60. The summed E-state index contributed by atoms with van der Waals surface area (Å²) in [6, 6.07) is 14.8. The summed E-state index contributed by atoms with van der Waals surface area (Å²) in [6.07, 6.45) is 0. The summed E-state index contributed by atoms with van der Waals surface area (Å²) < 4.78 is 10.9. The van der Waals surface area contributed by atoms with Crippen molar-refractivity contribution in [2.75, 3.05) is 25.5 Å². The van der Waals surface area contributed by atoms with Gasteiger partial charge in [0.25, 0.3) is 0 Å². The Morgan fingerprint density at radius 1 is 1.04 bits per heavy atom. The number of hydrogen-bond acceptors (Lipinski definition) is 4. The van der Waals surface area contributed by atoms with Crippen molar-refractivity contribution in [3.8, 4) is 11.5 Å². The van der Waals surface area contributed by atoms with Crippen molar-refractivity contribution in [2.45, 2.75) is 11.8 Å². The number of benzene rings is 2. The van der Waals surface area contributed by atoms with Crippen LogP contribution in [0.2, 0.25) is 5.02 Å². The highest BCUT2D eigenvalue weighted by atomic mass is 35.5. The summed E-state index contributed by atoms with van der Waals surface area (Å²) >= 11 is 7.29. The van der Waals surface area contributed by atoms with Crippen LogP contribution in [0.3, 0.4) is 0 Å². The van der Waals surface area contributed by atoms with E-state index in [2.05, 4.69) is 5.32 Å². The van der Waals surface area contributed by atoms with E-state index in [4.69, 9.17) is 21.1 Å².